The van der Waals surface area contributed by atoms with Crippen LogP contribution in [-0.4, -0.2) is 51.0 Å². The summed E-state index contributed by atoms with van der Waals surface area (Å²) in [5.41, 5.74) is 5.00. The van der Waals surface area contributed by atoms with Crippen molar-refractivity contribution in [3.63, 3.8) is 0 Å². The molecule has 1 aliphatic rings. The fourth-order valence-electron chi connectivity index (χ4n) is 3.60. The molecule has 1 fully saturated rings. The number of hydrogen-bond donors (Lipinski definition) is 2. The van der Waals surface area contributed by atoms with Gasteiger partial charge < -0.3 is 10.2 Å². The second kappa shape index (κ2) is 9.63. The molecule has 7 nitrogen and oxygen atoms in total. The highest BCUT2D eigenvalue weighted by Gasteiger charge is 2.14. The zero-order chi connectivity index (χ0) is 17.5. The summed E-state index contributed by atoms with van der Waals surface area (Å²) in [4.78, 5) is 6.88. The van der Waals surface area contributed by atoms with Crippen molar-refractivity contribution in [1.82, 2.24) is 30.1 Å². The van der Waals surface area contributed by atoms with Crippen LogP contribution in [0.15, 0.2) is 36.5 Å². The minimum atomic E-state index is 0. The third-order valence-electron chi connectivity index (χ3n) is 5.05. The lowest BCUT2D eigenvalue weighted by atomic mass is 10.1. The van der Waals surface area contributed by atoms with Gasteiger partial charge in [0.05, 0.1) is 17.4 Å². The van der Waals surface area contributed by atoms with Crippen molar-refractivity contribution in [1.29, 1.82) is 0 Å². The summed E-state index contributed by atoms with van der Waals surface area (Å²) >= 11 is 0. The molecular weight excluding hydrogens is 433 g/mol. The van der Waals surface area contributed by atoms with Gasteiger partial charge in [0, 0.05) is 36.3 Å². The number of aromatic nitrogens is 5. The highest BCUT2D eigenvalue weighted by molar-refractivity contribution is 5.86. The van der Waals surface area contributed by atoms with Crippen molar-refractivity contribution >= 4 is 59.6 Å². The van der Waals surface area contributed by atoms with Crippen molar-refractivity contribution in [3.8, 4) is 11.3 Å². The van der Waals surface area contributed by atoms with E-state index in [1.807, 2.05) is 29.8 Å². The number of benzene rings is 1. The van der Waals surface area contributed by atoms with E-state index in [0.29, 0.717) is 0 Å². The Morgan fingerprint density at radius 1 is 1.00 bits per heavy atom. The molecule has 0 amide bonds. The number of nitrogens with zero attached hydrogens (tertiary/aromatic N) is 5. The number of anilines is 1. The normalized spacial score (nSPS) is 14.0. The van der Waals surface area contributed by atoms with Crippen LogP contribution < -0.4 is 10.2 Å². The van der Waals surface area contributed by atoms with E-state index in [-0.39, 0.29) is 37.2 Å². The molecule has 0 radical (unpaired) electrons. The zero-order valence-corrected chi connectivity index (χ0v) is 18.4. The largest absolute Gasteiger partial charge is 0.354 e. The molecule has 0 aliphatic carbocycles. The Morgan fingerprint density at radius 2 is 1.86 bits per heavy atom. The van der Waals surface area contributed by atoms with E-state index >= 15 is 0 Å². The topological polar surface area (TPSA) is 74.1 Å². The fourth-order valence-corrected chi connectivity index (χ4v) is 3.60. The molecule has 5 rings (SSSR count). The van der Waals surface area contributed by atoms with Gasteiger partial charge in [-0.3, -0.25) is 5.10 Å². The molecular formula is C19H24Cl3N7. The minimum Gasteiger partial charge on any atom is -0.354 e. The molecule has 2 N–H and O–H groups in total. The molecule has 10 heteroatoms. The Hall–Kier alpha value is -2.06. The van der Waals surface area contributed by atoms with E-state index < -0.39 is 0 Å². The van der Waals surface area contributed by atoms with Gasteiger partial charge in [-0.25, -0.2) is 9.50 Å². The smallest absolute Gasteiger partial charge is 0.154 e. The van der Waals surface area contributed by atoms with E-state index in [4.69, 9.17) is 5.10 Å². The van der Waals surface area contributed by atoms with Gasteiger partial charge in [0.1, 0.15) is 5.82 Å². The predicted molar refractivity (Wildman–Crippen MR) is 124 cm³/mol. The first-order valence-electron chi connectivity index (χ1n) is 9.05. The number of imidazole rings is 1. The highest BCUT2D eigenvalue weighted by Crippen LogP contribution is 2.26. The van der Waals surface area contributed by atoms with Crippen LogP contribution in [0, 0.1) is 6.92 Å². The number of nitrogens with one attached hydrogen (secondary N) is 2. The summed E-state index contributed by atoms with van der Waals surface area (Å²) in [5, 5.41) is 16.8. The molecule has 1 aliphatic heterocycles. The predicted octanol–water partition coefficient (Wildman–Crippen LogP) is 3.65. The van der Waals surface area contributed by atoms with E-state index in [1.54, 1.807) is 0 Å². The lowest BCUT2D eigenvalue weighted by molar-refractivity contribution is 0.724. The number of fused-ring (bicyclic) bond motifs is 2. The van der Waals surface area contributed by atoms with Crippen LogP contribution in [0.1, 0.15) is 12.1 Å². The summed E-state index contributed by atoms with van der Waals surface area (Å²) in [6.07, 6.45) is 3.03. The molecule has 0 spiro atoms. The number of rotatable bonds is 2. The maximum Gasteiger partial charge on any atom is 0.154 e. The maximum absolute atomic E-state index is 4.90. The van der Waals surface area contributed by atoms with Gasteiger partial charge in [0.25, 0.3) is 0 Å². The van der Waals surface area contributed by atoms with Gasteiger partial charge in [-0.05, 0) is 44.2 Å². The minimum absolute atomic E-state index is 0. The molecule has 0 bridgehead atoms. The number of hydrogen-bond acceptors (Lipinski definition) is 5. The first-order chi connectivity index (χ1) is 12.8. The standard InChI is InChI=1S/C19H21N7.3ClH/c1-13-15-11-14(3-4-16(15)23-22-13)17-12-21-18-5-6-19(24-26(17)18)25-9-2-7-20-8-10-25;;;/h3-6,11-12,20H,2,7-10H2,1H3,(H,22,23);3*1H. The second-order valence-corrected chi connectivity index (χ2v) is 6.78. The average Bonchev–Trinajstić information content (AvgIpc) is 3.14. The SMILES string of the molecule is Cc1[nH]nc2ccc(-c3cnc4ccc(N5CCCNCC5)nn34)cc12.Cl.Cl.Cl. The van der Waals surface area contributed by atoms with Crippen LogP contribution in [0.25, 0.3) is 27.8 Å². The van der Waals surface area contributed by atoms with Crippen molar-refractivity contribution in [3.05, 3.63) is 42.2 Å². The van der Waals surface area contributed by atoms with Crippen LogP contribution in [0.5, 0.6) is 0 Å². The van der Waals surface area contributed by atoms with Crippen LogP contribution in [0.4, 0.5) is 5.82 Å². The summed E-state index contributed by atoms with van der Waals surface area (Å²) in [7, 11) is 0. The Kier molecular flexibility index (Phi) is 7.71. The third-order valence-corrected chi connectivity index (χ3v) is 5.05. The second-order valence-electron chi connectivity index (χ2n) is 6.78. The van der Waals surface area contributed by atoms with Crippen molar-refractivity contribution in [2.24, 2.45) is 0 Å². The number of aromatic amines is 1. The molecule has 29 heavy (non-hydrogen) atoms. The Labute approximate surface area is 187 Å². The van der Waals surface area contributed by atoms with Crippen LogP contribution in [0.2, 0.25) is 0 Å². The van der Waals surface area contributed by atoms with Gasteiger partial charge in [-0.2, -0.15) is 5.10 Å². The Morgan fingerprint density at radius 3 is 2.72 bits per heavy atom. The summed E-state index contributed by atoms with van der Waals surface area (Å²) < 4.78 is 1.95. The molecule has 0 saturated carbocycles. The van der Waals surface area contributed by atoms with E-state index in [0.717, 1.165) is 71.9 Å². The summed E-state index contributed by atoms with van der Waals surface area (Å²) in [5.74, 6) is 1.00. The molecule has 1 aromatic carbocycles. The fraction of sp³-hybridized carbons (Fsp3) is 0.316. The van der Waals surface area contributed by atoms with Crippen LogP contribution in [0.3, 0.4) is 0 Å². The third kappa shape index (κ3) is 4.28. The monoisotopic (exact) mass is 455 g/mol. The van der Waals surface area contributed by atoms with E-state index in [2.05, 4.69) is 43.6 Å². The van der Waals surface area contributed by atoms with Gasteiger partial charge in [0.2, 0.25) is 0 Å². The first-order valence-corrected chi connectivity index (χ1v) is 9.05. The highest BCUT2D eigenvalue weighted by atomic mass is 35.5. The molecule has 1 saturated heterocycles. The molecule has 4 heterocycles. The van der Waals surface area contributed by atoms with Crippen molar-refractivity contribution < 1.29 is 0 Å². The number of aryl methyl sites for hydroxylation is 1. The lowest BCUT2D eigenvalue weighted by Crippen LogP contribution is -2.29. The average molecular weight is 457 g/mol. The van der Waals surface area contributed by atoms with Crippen molar-refractivity contribution in [2.75, 3.05) is 31.1 Å². The molecule has 156 valence electrons. The van der Waals surface area contributed by atoms with Gasteiger partial charge in [0.15, 0.2) is 5.65 Å². The van der Waals surface area contributed by atoms with Gasteiger partial charge in [-0.15, -0.1) is 42.3 Å². The van der Waals surface area contributed by atoms with Crippen LogP contribution in [-0.2, 0) is 0 Å². The molecule has 4 aromatic rings. The first kappa shape index (κ1) is 23.2. The van der Waals surface area contributed by atoms with E-state index in [1.165, 1.54) is 0 Å². The molecule has 0 unspecified atom stereocenters. The van der Waals surface area contributed by atoms with Gasteiger partial charge in [-0.1, -0.05) is 6.07 Å². The number of H-pyrrole nitrogens is 1. The summed E-state index contributed by atoms with van der Waals surface area (Å²) in [6.45, 7) is 6.10. The molecule has 3 aromatic heterocycles. The van der Waals surface area contributed by atoms with Crippen LogP contribution >= 0.6 is 37.2 Å². The van der Waals surface area contributed by atoms with E-state index in [9.17, 15) is 0 Å². The maximum atomic E-state index is 4.90. The van der Waals surface area contributed by atoms with Gasteiger partial charge >= 0.3 is 0 Å². The molecule has 0 atom stereocenters. The number of halogens is 3. The Bertz CT molecular complexity index is 1080. The van der Waals surface area contributed by atoms with Crippen molar-refractivity contribution in [2.45, 2.75) is 13.3 Å². The quantitative estimate of drug-likeness (QED) is 0.482. The lowest BCUT2D eigenvalue weighted by Gasteiger charge is -2.20. The Balaban J connectivity index is 0.000001000. The zero-order valence-electron chi connectivity index (χ0n) is 16.0. The summed E-state index contributed by atoms with van der Waals surface area (Å²) in [6, 6.07) is 10.4.